The lowest BCUT2D eigenvalue weighted by Crippen LogP contribution is -2.56. The lowest BCUT2D eigenvalue weighted by Gasteiger charge is -2.41. The number of hydrogen-bond acceptors (Lipinski definition) is 3. The molecule has 7 heteroatoms. The van der Waals surface area contributed by atoms with Crippen LogP contribution in [-0.2, 0) is 11.2 Å². The van der Waals surface area contributed by atoms with Gasteiger partial charge in [0.1, 0.15) is 0 Å². The largest absolute Gasteiger partial charge is 0.379 e. The fourth-order valence-corrected chi connectivity index (χ4v) is 3.05. The van der Waals surface area contributed by atoms with Crippen LogP contribution in [0.25, 0.3) is 0 Å². The Morgan fingerprint density at radius 3 is 2.56 bits per heavy atom. The van der Waals surface area contributed by atoms with Gasteiger partial charge in [-0.2, -0.15) is 0 Å². The Morgan fingerprint density at radius 2 is 1.92 bits per heavy atom. The second-order valence-corrected chi connectivity index (χ2v) is 7.01. The predicted molar refractivity (Wildman–Crippen MR) is 116 cm³/mol. The maximum Gasteiger partial charge on any atom is 0.191 e. The first-order valence-electron chi connectivity index (χ1n) is 8.53. The van der Waals surface area contributed by atoms with Crippen molar-refractivity contribution in [1.82, 2.24) is 15.5 Å². The number of guanidine groups is 1. The monoisotopic (exact) mass is 480 g/mol. The number of benzene rings is 1. The van der Waals surface area contributed by atoms with E-state index in [0.29, 0.717) is 0 Å². The molecular formula is C18H30ClIN4O. The molecule has 1 fully saturated rings. The van der Waals surface area contributed by atoms with Gasteiger partial charge in [0, 0.05) is 43.8 Å². The Labute approximate surface area is 173 Å². The van der Waals surface area contributed by atoms with E-state index in [-0.39, 0.29) is 29.5 Å². The van der Waals surface area contributed by atoms with Crippen LogP contribution >= 0.6 is 35.6 Å². The molecule has 2 rings (SSSR count). The maximum atomic E-state index is 6.19. The number of hydrogen-bond donors (Lipinski definition) is 2. The topological polar surface area (TPSA) is 48.9 Å². The van der Waals surface area contributed by atoms with Gasteiger partial charge in [0.25, 0.3) is 0 Å². The van der Waals surface area contributed by atoms with Crippen LogP contribution in [0.4, 0.5) is 0 Å². The van der Waals surface area contributed by atoms with E-state index in [4.69, 9.17) is 16.3 Å². The number of rotatable bonds is 6. The summed E-state index contributed by atoms with van der Waals surface area (Å²) in [6, 6.07) is 7.95. The molecule has 1 heterocycles. The highest BCUT2D eigenvalue weighted by Gasteiger charge is 2.28. The second-order valence-electron chi connectivity index (χ2n) is 6.61. The molecule has 0 bridgehead atoms. The normalized spacial score (nSPS) is 16.2. The van der Waals surface area contributed by atoms with Crippen molar-refractivity contribution in [3.05, 3.63) is 34.9 Å². The molecule has 0 aliphatic carbocycles. The zero-order valence-corrected chi connectivity index (χ0v) is 18.4. The molecule has 0 atom stereocenters. The highest BCUT2D eigenvalue weighted by Crippen LogP contribution is 2.16. The van der Waals surface area contributed by atoms with Crippen LogP contribution in [0.2, 0.25) is 5.02 Å². The summed E-state index contributed by atoms with van der Waals surface area (Å²) >= 11 is 6.19. The van der Waals surface area contributed by atoms with Gasteiger partial charge in [0.05, 0.1) is 13.2 Å². The third-order valence-electron chi connectivity index (χ3n) is 4.42. The fraction of sp³-hybridized carbons (Fsp3) is 0.611. The number of aliphatic imine (C=N–C) groups is 1. The SMILES string of the molecule is CN=C(NCCc1ccccc1Cl)NCC(C)(C)N1CCOCC1.I. The molecule has 2 N–H and O–H groups in total. The molecule has 0 saturated carbocycles. The quantitative estimate of drug-likeness (QED) is 0.373. The molecule has 0 aromatic heterocycles. The molecule has 25 heavy (non-hydrogen) atoms. The smallest absolute Gasteiger partial charge is 0.191 e. The van der Waals surface area contributed by atoms with Crippen molar-refractivity contribution in [3.63, 3.8) is 0 Å². The lowest BCUT2D eigenvalue weighted by atomic mass is 10.0. The van der Waals surface area contributed by atoms with Gasteiger partial charge in [-0.25, -0.2) is 0 Å². The molecule has 142 valence electrons. The molecule has 5 nitrogen and oxygen atoms in total. The van der Waals surface area contributed by atoms with Crippen LogP contribution in [0.3, 0.4) is 0 Å². The van der Waals surface area contributed by atoms with Crippen LogP contribution in [0, 0.1) is 0 Å². The molecule has 0 radical (unpaired) electrons. The lowest BCUT2D eigenvalue weighted by molar-refractivity contribution is -0.00833. The highest BCUT2D eigenvalue weighted by atomic mass is 127. The summed E-state index contributed by atoms with van der Waals surface area (Å²) in [6.45, 7) is 9.72. The van der Waals surface area contributed by atoms with Crippen LogP contribution in [0.15, 0.2) is 29.3 Å². The summed E-state index contributed by atoms with van der Waals surface area (Å²) < 4.78 is 5.44. The summed E-state index contributed by atoms with van der Waals surface area (Å²) in [5.74, 6) is 0.823. The number of nitrogens with zero attached hydrogens (tertiary/aromatic N) is 2. The van der Waals surface area contributed by atoms with E-state index in [1.165, 1.54) is 0 Å². The highest BCUT2D eigenvalue weighted by molar-refractivity contribution is 14.0. The minimum absolute atomic E-state index is 0. The van der Waals surface area contributed by atoms with E-state index < -0.39 is 0 Å². The van der Waals surface area contributed by atoms with Crippen LogP contribution in [0.1, 0.15) is 19.4 Å². The molecule has 1 aliphatic rings. The molecule has 0 spiro atoms. The summed E-state index contributed by atoms with van der Waals surface area (Å²) in [5.41, 5.74) is 1.21. The van der Waals surface area contributed by atoms with Crippen molar-refractivity contribution in [2.24, 2.45) is 4.99 Å². The second kappa shape index (κ2) is 11.2. The third kappa shape index (κ3) is 7.29. The average Bonchev–Trinajstić information content (AvgIpc) is 2.60. The summed E-state index contributed by atoms with van der Waals surface area (Å²) in [5, 5.41) is 7.60. The van der Waals surface area contributed by atoms with Gasteiger partial charge in [-0.15, -0.1) is 24.0 Å². The van der Waals surface area contributed by atoms with E-state index in [1.807, 2.05) is 18.2 Å². The van der Waals surface area contributed by atoms with E-state index in [1.54, 1.807) is 7.05 Å². The van der Waals surface area contributed by atoms with Crippen LogP contribution < -0.4 is 10.6 Å². The molecule has 0 amide bonds. The number of nitrogens with one attached hydrogen (secondary N) is 2. The Bertz CT molecular complexity index is 548. The minimum Gasteiger partial charge on any atom is -0.379 e. The van der Waals surface area contributed by atoms with E-state index >= 15 is 0 Å². The van der Waals surface area contributed by atoms with E-state index in [2.05, 4.69) is 40.4 Å². The third-order valence-corrected chi connectivity index (χ3v) is 4.79. The number of morpholine rings is 1. The van der Waals surface area contributed by atoms with Gasteiger partial charge in [-0.1, -0.05) is 29.8 Å². The molecule has 1 aliphatic heterocycles. The summed E-state index contributed by atoms with van der Waals surface area (Å²) in [4.78, 5) is 6.77. The maximum absolute atomic E-state index is 6.19. The van der Waals surface area contributed by atoms with E-state index in [0.717, 1.165) is 62.4 Å². The van der Waals surface area contributed by atoms with Gasteiger partial charge in [-0.3, -0.25) is 9.89 Å². The van der Waals surface area contributed by atoms with Crippen molar-refractivity contribution in [2.75, 3.05) is 46.4 Å². The number of halogens is 2. The van der Waals surface area contributed by atoms with Crippen molar-refractivity contribution in [1.29, 1.82) is 0 Å². The van der Waals surface area contributed by atoms with Crippen LogP contribution in [-0.4, -0.2) is 62.8 Å². The minimum atomic E-state index is 0. The van der Waals surface area contributed by atoms with Crippen molar-refractivity contribution in [2.45, 2.75) is 25.8 Å². The van der Waals surface area contributed by atoms with Gasteiger partial charge < -0.3 is 15.4 Å². The average molecular weight is 481 g/mol. The summed E-state index contributed by atoms with van der Waals surface area (Å²) in [6.07, 6.45) is 0.868. The van der Waals surface area contributed by atoms with Gasteiger partial charge in [-0.05, 0) is 31.9 Å². The molecule has 1 saturated heterocycles. The van der Waals surface area contributed by atoms with Crippen molar-refractivity contribution < 1.29 is 4.74 Å². The molecular weight excluding hydrogens is 451 g/mol. The first kappa shape index (κ1) is 22.5. The van der Waals surface area contributed by atoms with Gasteiger partial charge in [0.15, 0.2) is 5.96 Å². The Kier molecular flexibility index (Phi) is 10.1. The summed E-state index contributed by atoms with van der Waals surface area (Å²) in [7, 11) is 1.80. The molecule has 1 aromatic rings. The zero-order chi connectivity index (χ0) is 17.4. The van der Waals surface area contributed by atoms with Crippen molar-refractivity contribution in [3.8, 4) is 0 Å². The van der Waals surface area contributed by atoms with Crippen molar-refractivity contribution >= 4 is 41.5 Å². The predicted octanol–water partition coefficient (Wildman–Crippen LogP) is 2.78. The Hall–Kier alpha value is -0.570. The van der Waals surface area contributed by atoms with Gasteiger partial charge >= 0.3 is 0 Å². The first-order chi connectivity index (χ1) is 11.5. The fourth-order valence-electron chi connectivity index (χ4n) is 2.82. The van der Waals surface area contributed by atoms with Crippen LogP contribution in [0.5, 0.6) is 0 Å². The zero-order valence-electron chi connectivity index (χ0n) is 15.3. The standard InChI is InChI=1S/C18H29ClN4O.HI/c1-18(2,23-10-12-24-13-11-23)14-22-17(20-3)21-9-8-15-6-4-5-7-16(15)19;/h4-7H,8-14H2,1-3H3,(H2,20,21,22);1H. The Balaban J connectivity index is 0.00000312. The van der Waals surface area contributed by atoms with E-state index in [9.17, 15) is 0 Å². The van der Waals surface area contributed by atoms with Gasteiger partial charge in [0.2, 0.25) is 0 Å². The molecule has 1 aromatic carbocycles. The Morgan fingerprint density at radius 1 is 1.24 bits per heavy atom. The first-order valence-corrected chi connectivity index (χ1v) is 8.91. The number of ether oxygens (including phenoxy) is 1. The molecule has 0 unspecified atom stereocenters.